The molecule has 0 aliphatic carbocycles. The van der Waals surface area contributed by atoms with Crippen LogP contribution in [-0.4, -0.2) is 7.11 Å². The van der Waals surface area contributed by atoms with Crippen LogP contribution in [0.25, 0.3) is 0 Å². The van der Waals surface area contributed by atoms with Crippen molar-refractivity contribution >= 4 is 27.3 Å². The van der Waals surface area contributed by atoms with E-state index < -0.39 is 0 Å². The van der Waals surface area contributed by atoms with Gasteiger partial charge >= 0.3 is 0 Å². The van der Waals surface area contributed by atoms with E-state index in [9.17, 15) is 0 Å². The summed E-state index contributed by atoms with van der Waals surface area (Å²) in [6.07, 6.45) is 0. The van der Waals surface area contributed by atoms with Crippen LogP contribution in [0.15, 0.2) is 35.0 Å². The summed E-state index contributed by atoms with van der Waals surface area (Å²) in [6, 6.07) is 7.91. The average Bonchev–Trinajstić information content (AvgIpc) is 2.89. The molecule has 0 spiro atoms. The molecule has 0 radical (unpaired) electrons. The highest BCUT2D eigenvalue weighted by Gasteiger charge is 2.05. The minimum absolute atomic E-state index is 0.607. The maximum absolute atomic E-state index is 5.79. The van der Waals surface area contributed by atoms with E-state index in [1.807, 2.05) is 18.2 Å². The predicted molar refractivity (Wildman–Crippen MR) is 74.3 cm³/mol. The third kappa shape index (κ3) is 3.23. The number of thiophene rings is 1. The summed E-state index contributed by atoms with van der Waals surface area (Å²) >= 11 is 5.14. The smallest absolute Gasteiger partial charge is 0.124 e. The second-order valence-corrected chi connectivity index (χ2v) is 4.87. The lowest BCUT2D eigenvalue weighted by molar-refractivity contribution is 0.303. The molecule has 1 aromatic carbocycles. The second kappa shape index (κ2) is 6.07. The molecule has 0 fully saturated rings. The Morgan fingerprint density at radius 1 is 1.29 bits per heavy atom. The van der Waals surface area contributed by atoms with Crippen LogP contribution in [0, 0.1) is 0 Å². The summed E-state index contributed by atoms with van der Waals surface area (Å²) in [5.74, 6) is 1.75. The fraction of sp³-hybridized carbons (Fsp3) is 0.231. The highest BCUT2D eigenvalue weighted by Crippen LogP contribution is 2.27. The predicted octanol–water partition coefficient (Wildman–Crippen LogP) is 4.23. The van der Waals surface area contributed by atoms with Gasteiger partial charge in [0.2, 0.25) is 0 Å². The molecule has 0 saturated carbocycles. The van der Waals surface area contributed by atoms with Crippen LogP contribution in [0.3, 0.4) is 0 Å². The first kappa shape index (κ1) is 12.5. The van der Waals surface area contributed by atoms with E-state index >= 15 is 0 Å². The van der Waals surface area contributed by atoms with Gasteiger partial charge in [-0.2, -0.15) is 11.3 Å². The standard InChI is InChI=1S/C13H13BrO2S/c1-15-12-2-3-13(11(6-12)7-14)16-8-10-4-5-17-9-10/h2-6,9H,7-8H2,1H3. The molecule has 0 aliphatic rings. The van der Waals surface area contributed by atoms with Crippen molar-refractivity contribution in [1.82, 2.24) is 0 Å². The Bertz CT molecular complexity index is 468. The molecule has 0 aliphatic heterocycles. The molecule has 1 heterocycles. The normalized spacial score (nSPS) is 10.2. The summed E-state index contributed by atoms with van der Waals surface area (Å²) in [4.78, 5) is 0. The Hall–Kier alpha value is -1.00. The summed E-state index contributed by atoms with van der Waals surface area (Å²) in [7, 11) is 1.67. The molecular weight excluding hydrogens is 300 g/mol. The van der Waals surface area contributed by atoms with Gasteiger partial charge in [0.15, 0.2) is 0 Å². The molecule has 0 unspecified atom stereocenters. The molecule has 1 aromatic heterocycles. The fourth-order valence-corrected chi connectivity index (χ4v) is 2.56. The van der Waals surface area contributed by atoms with Gasteiger partial charge in [-0.3, -0.25) is 0 Å². The molecule has 0 amide bonds. The van der Waals surface area contributed by atoms with Gasteiger partial charge in [0.1, 0.15) is 18.1 Å². The van der Waals surface area contributed by atoms with Gasteiger partial charge in [-0.25, -0.2) is 0 Å². The van der Waals surface area contributed by atoms with Gasteiger partial charge < -0.3 is 9.47 Å². The van der Waals surface area contributed by atoms with Gasteiger partial charge in [0.25, 0.3) is 0 Å². The third-order valence-electron chi connectivity index (χ3n) is 2.39. The second-order valence-electron chi connectivity index (χ2n) is 3.53. The first-order valence-electron chi connectivity index (χ1n) is 5.20. The van der Waals surface area contributed by atoms with Crippen molar-refractivity contribution in [3.8, 4) is 11.5 Å². The summed E-state index contributed by atoms with van der Waals surface area (Å²) < 4.78 is 11.0. The van der Waals surface area contributed by atoms with Crippen molar-refractivity contribution in [3.63, 3.8) is 0 Å². The molecule has 17 heavy (non-hydrogen) atoms. The molecule has 0 atom stereocenters. The van der Waals surface area contributed by atoms with Crippen molar-refractivity contribution in [2.75, 3.05) is 7.11 Å². The lowest BCUT2D eigenvalue weighted by Gasteiger charge is -2.10. The van der Waals surface area contributed by atoms with Gasteiger partial charge in [0.05, 0.1) is 7.11 Å². The zero-order valence-electron chi connectivity index (χ0n) is 9.48. The Morgan fingerprint density at radius 2 is 2.18 bits per heavy atom. The van der Waals surface area contributed by atoms with E-state index in [-0.39, 0.29) is 0 Å². The molecule has 2 nitrogen and oxygen atoms in total. The van der Waals surface area contributed by atoms with Crippen molar-refractivity contribution < 1.29 is 9.47 Å². The van der Waals surface area contributed by atoms with Gasteiger partial charge in [0, 0.05) is 10.9 Å². The van der Waals surface area contributed by atoms with E-state index in [1.165, 1.54) is 5.56 Å². The number of hydrogen-bond acceptors (Lipinski definition) is 3. The number of alkyl halides is 1. The van der Waals surface area contributed by atoms with Gasteiger partial charge in [-0.1, -0.05) is 15.9 Å². The van der Waals surface area contributed by atoms with Crippen molar-refractivity contribution in [3.05, 3.63) is 46.2 Å². The number of benzene rings is 1. The largest absolute Gasteiger partial charge is 0.497 e. The molecular formula is C13H13BrO2S. The first-order valence-corrected chi connectivity index (χ1v) is 7.26. The Morgan fingerprint density at radius 3 is 2.82 bits per heavy atom. The number of rotatable bonds is 5. The van der Waals surface area contributed by atoms with Crippen LogP contribution in [0.1, 0.15) is 11.1 Å². The fourth-order valence-electron chi connectivity index (χ4n) is 1.46. The Balaban J connectivity index is 2.09. The average molecular weight is 313 g/mol. The van der Waals surface area contributed by atoms with Gasteiger partial charge in [-0.15, -0.1) is 0 Å². The van der Waals surface area contributed by atoms with E-state index in [0.29, 0.717) is 6.61 Å². The van der Waals surface area contributed by atoms with Crippen molar-refractivity contribution in [2.45, 2.75) is 11.9 Å². The Labute approximate surface area is 113 Å². The lowest BCUT2D eigenvalue weighted by atomic mass is 10.2. The minimum atomic E-state index is 0.607. The van der Waals surface area contributed by atoms with E-state index in [1.54, 1.807) is 18.4 Å². The monoisotopic (exact) mass is 312 g/mol. The highest BCUT2D eigenvalue weighted by atomic mass is 79.9. The zero-order valence-corrected chi connectivity index (χ0v) is 11.9. The van der Waals surface area contributed by atoms with Crippen LogP contribution in [0.4, 0.5) is 0 Å². The molecule has 2 rings (SSSR count). The molecule has 90 valence electrons. The minimum Gasteiger partial charge on any atom is -0.497 e. The van der Waals surface area contributed by atoms with Crippen LogP contribution >= 0.6 is 27.3 Å². The lowest BCUT2D eigenvalue weighted by Crippen LogP contribution is -1.97. The quantitative estimate of drug-likeness (QED) is 0.769. The van der Waals surface area contributed by atoms with Crippen LogP contribution in [0.5, 0.6) is 11.5 Å². The molecule has 0 N–H and O–H groups in total. The molecule has 2 aromatic rings. The van der Waals surface area contributed by atoms with Gasteiger partial charge in [-0.05, 0) is 40.6 Å². The third-order valence-corrected chi connectivity index (χ3v) is 3.72. The maximum Gasteiger partial charge on any atom is 0.124 e. The SMILES string of the molecule is COc1ccc(OCc2ccsc2)c(CBr)c1. The topological polar surface area (TPSA) is 18.5 Å². The zero-order chi connectivity index (χ0) is 12.1. The van der Waals surface area contributed by atoms with E-state index in [2.05, 4.69) is 32.8 Å². The van der Waals surface area contributed by atoms with E-state index in [4.69, 9.17) is 9.47 Å². The van der Waals surface area contributed by atoms with E-state index in [0.717, 1.165) is 22.4 Å². The summed E-state index contributed by atoms with van der Waals surface area (Å²) in [6.45, 7) is 0.607. The van der Waals surface area contributed by atoms with Crippen LogP contribution in [0.2, 0.25) is 0 Å². The highest BCUT2D eigenvalue weighted by molar-refractivity contribution is 9.08. The number of methoxy groups -OCH3 is 1. The molecule has 4 heteroatoms. The van der Waals surface area contributed by atoms with Crippen molar-refractivity contribution in [2.24, 2.45) is 0 Å². The molecule has 0 saturated heterocycles. The van der Waals surface area contributed by atoms with Crippen LogP contribution < -0.4 is 9.47 Å². The Kier molecular flexibility index (Phi) is 4.45. The number of hydrogen-bond donors (Lipinski definition) is 0. The summed E-state index contributed by atoms with van der Waals surface area (Å²) in [5, 5.41) is 4.90. The number of ether oxygens (including phenoxy) is 2. The number of halogens is 1. The maximum atomic E-state index is 5.79. The summed E-state index contributed by atoms with van der Waals surface area (Å²) in [5.41, 5.74) is 2.30. The van der Waals surface area contributed by atoms with Crippen molar-refractivity contribution in [1.29, 1.82) is 0 Å². The first-order chi connectivity index (χ1) is 8.33. The molecule has 0 bridgehead atoms. The van der Waals surface area contributed by atoms with Crippen LogP contribution in [-0.2, 0) is 11.9 Å².